The van der Waals surface area contributed by atoms with Crippen molar-refractivity contribution in [2.45, 2.75) is 10.9 Å². The van der Waals surface area contributed by atoms with E-state index in [1.54, 1.807) is 12.1 Å². The monoisotopic (exact) mass is 277 g/mol. The molecule has 0 radical (unpaired) electrons. The Balaban J connectivity index is 2.06. The Morgan fingerprint density at radius 2 is 2.05 bits per heavy atom. The van der Waals surface area contributed by atoms with Gasteiger partial charge in [0.15, 0.2) is 5.16 Å². The van der Waals surface area contributed by atoms with Crippen molar-refractivity contribution in [3.63, 3.8) is 0 Å². The molecule has 0 aliphatic heterocycles. The van der Waals surface area contributed by atoms with Gasteiger partial charge in [0, 0.05) is 11.8 Å². The van der Waals surface area contributed by atoms with Gasteiger partial charge in [-0.1, -0.05) is 23.9 Å². The molecule has 6 nitrogen and oxygen atoms in total. The molecule has 0 atom stereocenters. The standard InChI is InChI=1S/C12H11N3O3S/c13-9-5-10(16)15-12(14-9)19-6-7-1-3-8(4-2-7)11(17)18/h1-5H,6H2,(H,17,18)(H3,13,14,15,16). The predicted octanol–water partition coefficient (Wildman–Crippen LogP) is 1.34. The van der Waals surface area contributed by atoms with Gasteiger partial charge in [-0.05, 0) is 17.7 Å². The maximum Gasteiger partial charge on any atom is 0.335 e. The third-order valence-electron chi connectivity index (χ3n) is 2.32. The summed E-state index contributed by atoms with van der Waals surface area (Å²) in [5.74, 6) is -0.222. The lowest BCUT2D eigenvalue weighted by molar-refractivity contribution is 0.0697. The minimum Gasteiger partial charge on any atom is -0.478 e. The summed E-state index contributed by atoms with van der Waals surface area (Å²) in [5.41, 5.74) is 6.35. The molecule has 0 spiro atoms. The first-order chi connectivity index (χ1) is 9.04. The number of hydrogen-bond acceptors (Lipinski definition) is 5. The van der Waals surface area contributed by atoms with Crippen LogP contribution in [0.4, 0.5) is 5.82 Å². The van der Waals surface area contributed by atoms with Crippen LogP contribution in [-0.4, -0.2) is 21.0 Å². The SMILES string of the molecule is Nc1cc(=O)[nH]c(SCc2ccc(C(=O)O)cc2)n1. The van der Waals surface area contributed by atoms with Gasteiger partial charge in [0.25, 0.3) is 5.56 Å². The lowest BCUT2D eigenvalue weighted by Crippen LogP contribution is -2.09. The number of anilines is 1. The molecule has 4 N–H and O–H groups in total. The zero-order chi connectivity index (χ0) is 13.8. The molecule has 1 aromatic carbocycles. The molecule has 0 bridgehead atoms. The molecule has 2 aromatic rings. The maximum absolute atomic E-state index is 11.2. The number of aromatic amines is 1. The van der Waals surface area contributed by atoms with Crippen molar-refractivity contribution in [1.29, 1.82) is 0 Å². The number of hydrogen-bond donors (Lipinski definition) is 3. The van der Waals surface area contributed by atoms with E-state index in [9.17, 15) is 9.59 Å². The zero-order valence-corrected chi connectivity index (χ0v) is 10.6. The van der Waals surface area contributed by atoms with Gasteiger partial charge in [-0.25, -0.2) is 9.78 Å². The van der Waals surface area contributed by atoms with Crippen LogP contribution in [0.2, 0.25) is 0 Å². The average molecular weight is 277 g/mol. The third kappa shape index (κ3) is 3.59. The number of nitrogens with one attached hydrogen (secondary N) is 1. The largest absolute Gasteiger partial charge is 0.478 e. The molecule has 0 aliphatic rings. The van der Waals surface area contributed by atoms with E-state index < -0.39 is 5.97 Å². The summed E-state index contributed by atoms with van der Waals surface area (Å²) < 4.78 is 0. The lowest BCUT2D eigenvalue weighted by atomic mass is 10.1. The van der Waals surface area contributed by atoms with Crippen LogP contribution in [0.3, 0.4) is 0 Å². The number of nitrogen functional groups attached to an aromatic ring is 1. The maximum atomic E-state index is 11.2. The Hall–Kier alpha value is -2.28. The van der Waals surface area contributed by atoms with Crippen LogP contribution in [0.15, 0.2) is 40.3 Å². The van der Waals surface area contributed by atoms with Crippen LogP contribution in [0.5, 0.6) is 0 Å². The van der Waals surface area contributed by atoms with Gasteiger partial charge >= 0.3 is 5.97 Å². The van der Waals surface area contributed by atoms with Crippen LogP contribution >= 0.6 is 11.8 Å². The van der Waals surface area contributed by atoms with Gasteiger partial charge in [-0.15, -0.1) is 0 Å². The minimum atomic E-state index is -0.957. The summed E-state index contributed by atoms with van der Waals surface area (Å²) in [5, 5.41) is 9.21. The summed E-state index contributed by atoms with van der Waals surface area (Å²) >= 11 is 1.32. The van der Waals surface area contributed by atoms with E-state index in [0.29, 0.717) is 10.9 Å². The normalized spacial score (nSPS) is 10.3. The zero-order valence-electron chi connectivity index (χ0n) is 9.79. The first-order valence-electron chi connectivity index (χ1n) is 5.36. The van der Waals surface area contributed by atoms with Crippen molar-refractivity contribution in [3.8, 4) is 0 Å². The number of carboxylic acids is 1. The first kappa shape index (κ1) is 13.2. The number of aromatic nitrogens is 2. The molecule has 98 valence electrons. The molecule has 0 amide bonds. The van der Waals surface area contributed by atoms with E-state index in [-0.39, 0.29) is 16.9 Å². The molecule has 1 aromatic heterocycles. The average Bonchev–Trinajstić information content (AvgIpc) is 2.36. The number of nitrogens with zero attached hydrogens (tertiary/aromatic N) is 1. The van der Waals surface area contributed by atoms with Crippen LogP contribution < -0.4 is 11.3 Å². The summed E-state index contributed by atoms with van der Waals surface area (Å²) in [6.07, 6.45) is 0. The van der Waals surface area contributed by atoms with Gasteiger partial charge < -0.3 is 15.8 Å². The minimum absolute atomic E-state index is 0.174. The summed E-state index contributed by atoms with van der Waals surface area (Å²) in [6, 6.07) is 7.73. The Kier molecular flexibility index (Phi) is 3.86. The van der Waals surface area contributed by atoms with Crippen molar-refractivity contribution in [2.24, 2.45) is 0 Å². The molecule has 1 heterocycles. The van der Waals surface area contributed by atoms with E-state index in [4.69, 9.17) is 10.8 Å². The molecule has 0 fully saturated rings. The van der Waals surface area contributed by atoms with E-state index in [0.717, 1.165) is 5.56 Å². The first-order valence-corrected chi connectivity index (χ1v) is 6.35. The highest BCUT2D eigenvalue weighted by molar-refractivity contribution is 7.98. The number of rotatable bonds is 4. The molecule has 0 saturated carbocycles. The number of benzene rings is 1. The van der Waals surface area contributed by atoms with Crippen molar-refractivity contribution in [3.05, 3.63) is 51.8 Å². The lowest BCUT2D eigenvalue weighted by Gasteiger charge is -2.02. The Morgan fingerprint density at radius 1 is 1.37 bits per heavy atom. The molecule has 0 saturated heterocycles. The number of carbonyl (C=O) groups is 1. The fourth-order valence-corrected chi connectivity index (χ4v) is 2.26. The van der Waals surface area contributed by atoms with E-state index >= 15 is 0 Å². The third-order valence-corrected chi connectivity index (χ3v) is 3.26. The number of H-pyrrole nitrogens is 1. The smallest absolute Gasteiger partial charge is 0.335 e. The van der Waals surface area contributed by atoms with E-state index in [1.165, 1.54) is 30.0 Å². The van der Waals surface area contributed by atoms with Crippen LogP contribution in [0, 0.1) is 0 Å². The van der Waals surface area contributed by atoms with Crippen molar-refractivity contribution in [1.82, 2.24) is 9.97 Å². The van der Waals surface area contributed by atoms with Gasteiger partial charge in [0.2, 0.25) is 0 Å². The van der Waals surface area contributed by atoms with Crippen molar-refractivity contribution >= 4 is 23.5 Å². The Bertz CT molecular complexity index is 652. The van der Waals surface area contributed by atoms with Gasteiger partial charge in [-0.3, -0.25) is 4.79 Å². The second kappa shape index (κ2) is 5.57. The van der Waals surface area contributed by atoms with Crippen LogP contribution in [0.25, 0.3) is 0 Å². The van der Waals surface area contributed by atoms with Crippen LogP contribution in [0.1, 0.15) is 15.9 Å². The second-order valence-corrected chi connectivity index (χ2v) is 4.73. The van der Waals surface area contributed by atoms with Gasteiger partial charge in [0.05, 0.1) is 5.56 Å². The predicted molar refractivity (Wildman–Crippen MR) is 72.2 cm³/mol. The highest BCUT2D eigenvalue weighted by Crippen LogP contribution is 2.19. The fraction of sp³-hybridized carbons (Fsp3) is 0.0833. The molecular weight excluding hydrogens is 266 g/mol. The number of thioether (sulfide) groups is 1. The summed E-state index contributed by atoms with van der Waals surface area (Å²) in [4.78, 5) is 28.4. The van der Waals surface area contributed by atoms with Crippen LogP contribution in [-0.2, 0) is 5.75 Å². The number of nitrogens with two attached hydrogens (primary N) is 1. The molecule has 0 aliphatic carbocycles. The van der Waals surface area contributed by atoms with Crippen molar-refractivity contribution in [2.75, 3.05) is 5.73 Å². The highest BCUT2D eigenvalue weighted by Gasteiger charge is 2.03. The van der Waals surface area contributed by atoms with E-state index in [2.05, 4.69) is 9.97 Å². The molecule has 2 rings (SSSR count). The summed E-state index contributed by atoms with van der Waals surface area (Å²) in [6.45, 7) is 0. The van der Waals surface area contributed by atoms with Gasteiger partial charge in [0.1, 0.15) is 5.82 Å². The number of aromatic carboxylic acids is 1. The molecule has 19 heavy (non-hydrogen) atoms. The number of carboxylic acid groups (broad SMARTS) is 1. The quantitative estimate of drug-likeness (QED) is 0.575. The molecule has 7 heteroatoms. The topological polar surface area (TPSA) is 109 Å². The molecule has 0 unspecified atom stereocenters. The Morgan fingerprint density at radius 3 is 2.63 bits per heavy atom. The Labute approximate surface area is 112 Å². The van der Waals surface area contributed by atoms with Crippen molar-refractivity contribution < 1.29 is 9.90 Å². The fourth-order valence-electron chi connectivity index (χ4n) is 1.42. The highest BCUT2D eigenvalue weighted by atomic mass is 32.2. The van der Waals surface area contributed by atoms with Gasteiger partial charge in [-0.2, -0.15) is 0 Å². The van der Waals surface area contributed by atoms with E-state index in [1.807, 2.05) is 0 Å². The molecular formula is C12H11N3O3S. The second-order valence-electron chi connectivity index (χ2n) is 3.77. The summed E-state index contributed by atoms with van der Waals surface area (Å²) in [7, 11) is 0.